The van der Waals surface area contributed by atoms with Crippen LogP contribution in [0.3, 0.4) is 0 Å². The summed E-state index contributed by atoms with van der Waals surface area (Å²) in [7, 11) is 0. The summed E-state index contributed by atoms with van der Waals surface area (Å²) in [5.74, 6) is -0.285. The maximum Gasteiger partial charge on any atom is 0.290 e. The first-order chi connectivity index (χ1) is 12.1. The summed E-state index contributed by atoms with van der Waals surface area (Å²) in [6, 6.07) is 21.9. The Morgan fingerprint density at radius 3 is 2.32 bits per heavy atom. The van der Waals surface area contributed by atoms with Crippen LogP contribution in [0.5, 0.6) is 0 Å². The first-order valence-corrected chi connectivity index (χ1v) is 8.09. The Balaban J connectivity index is 1.81. The van der Waals surface area contributed by atoms with Crippen molar-refractivity contribution < 1.29 is 14.2 Å². The number of hydrogen-bond donors (Lipinski definition) is 1. The third-order valence-corrected chi connectivity index (χ3v) is 3.96. The molecule has 1 heterocycles. The SMILES string of the molecule is Cc1cccc[n+]1CC(=O)Nc1ccccc1C(=O)c1ccccc1. The highest BCUT2D eigenvalue weighted by Gasteiger charge is 2.17. The molecular weight excluding hydrogens is 312 g/mol. The van der Waals surface area contributed by atoms with E-state index < -0.39 is 0 Å². The van der Waals surface area contributed by atoms with E-state index in [0.717, 1.165) is 5.69 Å². The van der Waals surface area contributed by atoms with Crippen molar-refractivity contribution in [2.75, 3.05) is 5.32 Å². The van der Waals surface area contributed by atoms with Crippen LogP contribution in [0.25, 0.3) is 0 Å². The Morgan fingerprint density at radius 1 is 0.880 bits per heavy atom. The zero-order chi connectivity index (χ0) is 17.6. The maximum atomic E-state index is 12.7. The second-order valence-corrected chi connectivity index (χ2v) is 5.76. The molecule has 1 amide bonds. The van der Waals surface area contributed by atoms with Gasteiger partial charge in [-0.25, -0.2) is 0 Å². The predicted octanol–water partition coefficient (Wildman–Crippen LogP) is 3.15. The van der Waals surface area contributed by atoms with Crippen molar-refractivity contribution in [2.24, 2.45) is 0 Å². The van der Waals surface area contributed by atoms with Crippen molar-refractivity contribution in [1.82, 2.24) is 0 Å². The minimum absolute atomic E-state index is 0.111. The Kier molecular flexibility index (Phi) is 5.00. The summed E-state index contributed by atoms with van der Waals surface area (Å²) >= 11 is 0. The van der Waals surface area contributed by atoms with Gasteiger partial charge in [0.25, 0.3) is 5.91 Å². The van der Waals surface area contributed by atoms with E-state index in [1.807, 2.05) is 54.1 Å². The van der Waals surface area contributed by atoms with Crippen molar-refractivity contribution >= 4 is 17.4 Å². The van der Waals surface area contributed by atoms with Gasteiger partial charge in [0.1, 0.15) is 0 Å². The van der Waals surface area contributed by atoms with Gasteiger partial charge in [-0.1, -0.05) is 48.5 Å². The van der Waals surface area contributed by atoms with Crippen molar-refractivity contribution in [3.05, 3.63) is 95.8 Å². The number of rotatable bonds is 5. The standard InChI is InChI=1S/C21H18N2O2/c1-16-9-7-8-14-23(16)15-20(24)22-19-13-6-5-12-18(19)21(25)17-10-3-2-4-11-17/h2-14H,15H2,1H3/p+1. The highest BCUT2D eigenvalue weighted by atomic mass is 16.2. The van der Waals surface area contributed by atoms with Crippen LogP contribution in [0.2, 0.25) is 0 Å². The molecule has 3 rings (SSSR count). The molecule has 4 nitrogen and oxygen atoms in total. The number of hydrogen-bond acceptors (Lipinski definition) is 2. The molecule has 3 aromatic rings. The summed E-state index contributed by atoms with van der Waals surface area (Å²) in [6.45, 7) is 2.14. The Hall–Kier alpha value is -3.27. The summed E-state index contributed by atoms with van der Waals surface area (Å²) in [6.07, 6.45) is 1.86. The van der Waals surface area contributed by atoms with Gasteiger partial charge < -0.3 is 5.32 Å². The second-order valence-electron chi connectivity index (χ2n) is 5.76. The molecule has 0 fully saturated rings. The molecular formula is C21H19N2O2+. The van der Waals surface area contributed by atoms with E-state index in [-0.39, 0.29) is 18.2 Å². The monoisotopic (exact) mass is 331 g/mol. The number of nitrogens with one attached hydrogen (secondary N) is 1. The lowest BCUT2D eigenvalue weighted by Gasteiger charge is -2.10. The van der Waals surface area contributed by atoms with Gasteiger partial charge in [-0.15, -0.1) is 0 Å². The van der Waals surface area contributed by atoms with Gasteiger partial charge in [-0.05, 0) is 12.1 Å². The molecule has 1 aromatic heterocycles. The number of anilines is 1. The van der Waals surface area contributed by atoms with Gasteiger partial charge in [0.2, 0.25) is 6.54 Å². The molecule has 0 aliphatic carbocycles. The lowest BCUT2D eigenvalue weighted by Crippen LogP contribution is -2.42. The lowest BCUT2D eigenvalue weighted by molar-refractivity contribution is -0.690. The summed E-state index contributed by atoms with van der Waals surface area (Å²) < 4.78 is 1.86. The van der Waals surface area contributed by atoms with E-state index in [2.05, 4.69) is 5.32 Å². The average Bonchev–Trinajstić information content (AvgIpc) is 2.64. The van der Waals surface area contributed by atoms with Crippen molar-refractivity contribution in [2.45, 2.75) is 13.5 Å². The van der Waals surface area contributed by atoms with E-state index in [1.54, 1.807) is 36.4 Å². The van der Waals surface area contributed by atoms with Gasteiger partial charge in [-0.3, -0.25) is 9.59 Å². The van der Waals surface area contributed by atoms with Crippen molar-refractivity contribution in [3.8, 4) is 0 Å². The fourth-order valence-electron chi connectivity index (χ4n) is 2.62. The van der Waals surface area contributed by atoms with E-state index in [9.17, 15) is 9.59 Å². The molecule has 0 radical (unpaired) electrons. The van der Waals surface area contributed by atoms with Crippen LogP contribution >= 0.6 is 0 Å². The first kappa shape index (κ1) is 16.6. The zero-order valence-corrected chi connectivity index (χ0v) is 14.0. The third kappa shape index (κ3) is 3.98. The average molecular weight is 331 g/mol. The molecule has 0 spiro atoms. The van der Waals surface area contributed by atoms with Crippen LogP contribution in [0.4, 0.5) is 5.69 Å². The fourth-order valence-corrected chi connectivity index (χ4v) is 2.62. The molecule has 0 saturated carbocycles. The highest BCUT2D eigenvalue weighted by molar-refractivity contribution is 6.13. The second kappa shape index (κ2) is 7.53. The smallest absolute Gasteiger partial charge is 0.290 e. The normalized spacial score (nSPS) is 10.3. The van der Waals surface area contributed by atoms with Crippen LogP contribution in [-0.2, 0) is 11.3 Å². The van der Waals surface area contributed by atoms with E-state index in [0.29, 0.717) is 16.8 Å². The zero-order valence-electron chi connectivity index (χ0n) is 14.0. The van der Waals surface area contributed by atoms with Gasteiger partial charge in [0.15, 0.2) is 17.7 Å². The molecule has 124 valence electrons. The van der Waals surface area contributed by atoms with Crippen LogP contribution in [0.15, 0.2) is 79.0 Å². The van der Waals surface area contributed by atoms with Crippen LogP contribution < -0.4 is 9.88 Å². The topological polar surface area (TPSA) is 50.0 Å². The van der Waals surface area contributed by atoms with Gasteiger partial charge in [0, 0.05) is 30.2 Å². The summed E-state index contributed by atoms with van der Waals surface area (Å²) in [4.78, 5) is 25.1. The molecule has 1 N–H and O–H groups in total. The van der Waals surface area contributed by atoms with Crippen LogP contribution in [-0.4, -0.2) is 11.7 Å². The van der Waals surface area contributed by atoms with Gasteiger partial charge in [0.05, 0.1) is 5.69 Å². The lowest BCUT2D eigenvalue weighted by atomic mass is 10.0. The molecule has 4 heteroatoms. The molecule has 25 heavy (non-hydrogen) atoms. The molecule has 0 aliphatic rings. The molecule has 0 atom stereocenters. The van der Waals surface area contributed by atoms with E-state index in [4.69, 9.17) is 0 Å². The van der Waals surface area contributed by atoms with E-state index >= 15 is 0 Å². The minimum Gasteiger partial charge on any atom is -0.320 e. The molecule has 0 bridgehead atoms. The highest BCUT2D eigenvalue weighted by Crippen LogP contribution is 2.19. The van der Waals surface area contributed by atoms with Crippen molar-refractivity contribution in [1.29, 1.82) is 0 Å². The number of carbonyl (C=O) groups excluding carboxylic acids is 2. The summed E-state index contributed by atoms with van der Waals surface area (Å²) in [5.41, 5.74) is 2.59. The number of para-hydroxylation sites is 1. The molecule has 0 saturated heterocycles. The third-order valence-electron chi connectivity index (χ3n) is 3.96. The number of carbonyl (C=O) groups is 2. The minimum atomic E-state index is -0.174. The Bertz CT molecular complexity index is 905. The quantitative estimate of drug-likeness (QED) is 0.577. The largest absolute Gasteiger partial charge is 0.320 e. The van der Waals surface area contributed by atoms with Gasteiger partial charge >= 0.3 is 0 Å². The number of nitrogens with zero attached hydrogens (tertiary/aromatic N) is 1. The Morgan fingerprint density at radius 2 is 1.56 bits per heavy atom. The van der Waals surface area contributed by atoms with Gasteiger partial charge in [-0.2, -0.15) is 4.57 Å². The fraction of sp³-hybridized carbons (Fsp3) is 0.0952. The first-order valence-electron chi connectivity index (χ1n) is 8.09. The van der Waals surface area contributed by atoms with Crippen LogP contribution in [0.1, 0.15) is 21.6 Å². The van der Waals surface area contributed by atoms with E-state index in [1.165, 1.54) is 0 Å². The number of pyridine rings is 1. The summed E-state index contributed by atoms with van der Waals surface area (Å²) in [5, 5.41) is 2.86. The van der Waals surface area contributed by atoms with Crippen LogP contribution in [0, 0.1) is 6.92 Å². The molecule has 0 unspecified atom stereocenters. The number of benzene rings is 2. The number of ketones is 1. The molecule has 0 aliphatic heterocycles. The molecule has 2 aromatic carbocycles. The Labute approximate surface area is 146 Å². The maximum absolute atomic E-state index is 12.7. The van der Waals surface area contributed by atoms with Crippen molar-refractivity contribution in [3.63, 3.8) is 0 Å². The predicted molar refractivity (Wildman–Crippen MR) is 96.3 cm³/mol. The number of aryl methyl sites for hydroxylation is 1. The number of amides is 1. The number of aromatic nitrogens is 1.